The summed E-state index contributed by atoms with van der Waals surface area (Å²) >= 11 is 1.08. The molecule has 10 heteroatoms. The highest BCUT2D eigenvalue weighted by Gasteiger charge is 2.17. The first-order valence-electron chi connectivity index (χ1n) is 8.31. The van der Waals surface area contributed by atoms with Gasteiger partial charge in [-0.15, -0.1) is 0 Å². The maximum Gasteiger partial charge on any atom is 0.338 e. The molecular weight excluding hydrogens is 404 g/mol. The molecule has 0 aliphatic rings. The van der Waals surface area contributed by atoms with Crippen LogP contribution < -0.4 is 9.60 Å². The van der Waals surface area contributed by atoms with Gasteiger partial charge in [-0.25, -0.2) is 17.9 Å². The van der Waals surface area contributed by atoms with Crippen LogP contribution in [0, 0.1) is 6.92 Å². The van der Waals surface area contributed by atoms with Crippen LogP contribution in [0.15, 0.2) is 62.1 Å². The molecule has 1 aromatic carbocycles. The standard InChI is InChI=1S/C18H18N2O6S2/c1-13-12-27-18(22)20(13)7-9-26-17(21)14-4-2-6-16(10-14)28(23,24)19-11-15-5-3-8-25-15/h2-6,8,10,12,19H,7,9,11H2,1H3. The number of ether oxygens (including phenoxy) is 1. The Hall–Kier alpha value is -2.69. The van der Waals surface area contributed by atoms with Crippen LogP contribution in [0.25, 0.3) is 0 Å². The number of benzene rings is 1. The quantitative estimate of drug-likeness (QED) is 0.558. The average Bonchev–Trinajstić information content (AvgIpc) is 3.31. The van der Waals surface area contributed by atoms with E-state index in [2.05, 4.69) is 4.72 Å². The van der Waals surface area contributed by atoms with Crippen LogP contribution in [-0.4, -0.2) is 25.6 Å². The molecule has 8 nitrogen and oxygen atoms in total. The zero-order chi connectivity index (χ0) is 20.1. The molecular formula is C18H18N2O6S2. The fourth-order valence-corrected chi connectivity index (χ4v) is 4.24. The molecule has 0 aliphatic carbocycles. The van der Waals surface area contributed by atoms with E-state index in [-0.39, 0.29) is 35.0 Å². The zero-order valence-electron chi connectivity index (χ0n) is 15.0. The lowest BCUT2D eigenvalue weighted by molar-refractivity contribution is 0.0490. The van der Waals surface area contributed by atoms with Crippen molar-refractivity contribution in [2.24, 2.45) is 0 Å². The number of thiazole rings is 1. The Morgan fingerprint density at radius 2 is 2.11 bits per heavy atom. The number of nitrogens with zero attached hydrogens (tertiary/aromatic N) is 1. The van der Waals surface area contributed by atoms with Crippen LogP contribution in [0.4, 0.5) is 0 Å². The minimum atomic E-state index is -3.82. The summed E-state index contributed by atoms with van der Waals surface area (Å²) in [5, 5.41) is 1.73. The summed E-state index contributed by atoms with van der Waals surface area (Å²) < 4.78 is 39.0. The number of hydrogen-bond acceptors (Lipinski definition) is 7. The highest BCUT2D eigenvalue weighted by Crippen LogP contribution is 2.13. The van der Waals surface area contributed by atoms with E-state index in [4.69, 9.17) is 9.15 Å². The summed E-state index contributed by atoms with van der Waals surface area (Å²) in [6.45, 7) is 2.04. The van der Waals surface area contributed by atoms with Gasteiger partial charge in [0, 0.05) is 11.1 Å². The Morgan fingerprint density at radius 1 is 1.29 bits per heavy atom. The van der Waals surface area contributed by atoms with Crippen molar-refractivity contribution in [3.05, 3.63) is 74.7 Å². The average molecular weight is 422 g/mol. The molecule has 2 heterocycles. The van der Waals surface area contributed by atoms with Crippen molar-refractivity contribution in [2.75, 3.05) is 6.61 Å². The lowest BCUT2D eigenvalue weighted by atomic mass is 10.2. The molecule has 0 unspecified atom stereocenters. The fourth-order valence-electron chi connectivity index (χ4n) is 2.44. The van der Waals surface area contributed by atoms with Gasteiger partial charge in [0.25, 0.3) is 0 Å². The Morgan fingerprint density at radius 3 is 2.79 bits per heavy atom. The van der Waals surface area contributed by atoms with Crippen molar-refractivity contribution in [3.8, 4) is 0 Å². The molecule has 148 valence electrons. The third kappa shape index (κ3) is 4.77. The van der Waals surface area contributed by atoms with Gasteiger partial charge >= 0.3 is 10.8 Å². The number of aromatic nitrogens is 1. The van der Waals surface area contributed by atoms with E-state index >= 15 is 0 Å². The van der Waals surface area contributed by atoms with Gasteiger partial charge < -0.3 is 9.15 Å². The second-order valence-electron chi connectivity index (χ2n) is 5.86. The first-order chi connectivity index (χ1) is 13.4. The van der Waals surface area contributed by atoms with Crippen LogP contribution in [-0.2, 0) is 27.8 Å². The molecule has 0 radical (unpaired) electrons. The van der Waals surface area contributed by atoms with Crippen LogP contribution in [0.3, 0.4) is 0 Å². The van der Waals surface area contributed by atoms with Crippen molar-refractivity contribution >= 4 is 27.3 Å². The summed E-state index contributed by atoms with van der Waals surface area (Å²) in [7, 11) is -3.82. The molecule has 1 N–H and O–H groups in total. The molecule has 0 saturated heterocycles. The largest absolute Gasteiger partial charge is 0.468 e. The molecule has 0 aliphatic heterocycles. The molecule has 3 rings (SSSR count). The Balaban J connectivity index is 1.63. The number of nitrogens with one attached hydrogen (secondary N) is 1. The van der Waals surface area contributed by atoms with Crippen molar-refractivity contribution in [1.82, 2.24) is 9.29 Å². The third-order valence-electron chi connectivity index (χ3n) is 3.92. The number of carbonyl (C=O) groups excluding carboxylic acids is 1. The predicted molar refractivity (Wildman–Crippen MR) is 103 cm³/mol. The monoisotopic (exact) mass is 422 g/mol. The normalized spacial score (nSPS) is 11.5. The van der Waals surface area contributed by atoms with E-state index in [0.717, 1.165) is 17.0 Å². The smallest absolute Gasteiger partial charge is 0.338 e. The molecule has 0 amide bonds. The van der Waals surface area contributed by atoms with Gasteiger partial charge in [0.05, 0.1) is 29.8 Å². The lowest BCUT2D eigenvalue weighted by Gasteiger charge is -2.09. The van der Waals surface area contributed by atoms with Gasteiger partial charge in [-0.3, -0.25) is 9.36 Å². The van der Waals surface area contributed by atoms with Crippen LogP contribution in [0.5, 0.6) is 0 Å². The molecule has 0 spiro atoms. The van der Waals surface area contributed by atoms with Gasteiger partial charge in [-0.2, -0.15) is 0 Å². The van der Waals surface area contributed by atoms with Crippen LogP contribution >= 0.6 is 11.3 Å². The second kappa shape index (κ2) is 8.55. The minimum absolute atomic E-state index is 0.00124. The van der Waals surface area contributed by atoms with E-state index in [1.807, 2.05) is 0 Å². The molecule has 28 heavy (non-hydrogen) atoms. The van der Waals surface area contributed by atoms with Crippen molar-refractivity contribution < 1.29 is 22.4 Å². The van der Waals surface area contributed by atoms with Crippen molar-refractivity contribution in [3.63, 3.8) is 0 Å². The van der Waals surface area contributed by atoms with Gasteiger partial charge in [-0.1, -0.05) is 17.4 Å². The molecule has 0 fully saturated rings. The highest BCUT2D eigenvalue weighted by molar-refractivity contribution is 7.89. The van der Waals surface area contributed by atoms with E-state index in [1.54, 1.807) is 24.4 Å². The fraction of sp³-hybridized carbons (Fsp3) is 0.222. The first kappa shape index (κ1) is 20.1. The predicted octanol–water partition coefficient (Wildman–Crippen LogP) is 2.15. The summed E-state index contributed by atoms with van der Waals surface area (Å²) in [4.78, 5) is 23.7. The number of hydrogen-bond donors (Lipinski definition) is 1. The number of sulfonamides is 1. The molecule has 0 bridgehead atoms. The first-order valence-corrected chi connectivity index (χ1v) is 10.7. The highest BCUT2D eigenvalue weighted by atomic mass is 32.2. The Bertz CT molecular complexity index is 1110. The topological polar surface area (TPSA) is 108 Å². The number of aryl methyl sites for hydroxylation is 1. The lowest BCUT2D eigenvalue weighted by Crippen LogP contribution is -2.23. The maximum atomic E-state index is 12.4. The molecule has 0 saturated carbocycles. The molecule has 3 aromatic rings. The molecule has 2 aromatic heterocycles. The summed E-state index contributed by atoms with van der Waals surface area (Å²) in [5.41, 5.74) is 0.900. The molecule has 0 atom stereocenters. The van der Waals surface area contributed by atoms with E-state index in [9.17, 15) is 18.0 Å². The van der Waals surface area contributed by atoms with E-state index < -0.39 is 16.0 Å². The number of carbonyl (C=O) groups is 1. The van der Waals surface area contributed by atoms with E-state index in [1.165, 1.54) is 35.1 Å². The van der Waals surface area contributed by atoms with Gasteiger partial charge in [0.2, 0.25) is 10.0 Å². The summed E-state index contributed by atoms with van der Waals surface area (Å²) in [6, 6.07) is 8.87. The Labute approximate surface area is 165 Å². The number of furan rings is 1. The number of esters is 1. The summed E-state index contributed by atoms with van der Waals surface area (Å²) in [5.74, 6) is -0.192. The summed E-state index contributed by atoms with van der Waals surface area (Å²) in [6.07, 6.45) is 1.45. The third-order valence-corrected chi connectivity index (χ3v) is 6.20. The van der Waals surface area contributed by atoms with Gasteiger partial charge in [0.1, 0.15) is 12.4 Å². The second-order valence-corrected chi connectivity index (χ2v) is 8.45. The van der Waals surface area contributed by atoms with Crippen molar-refractivity contribution in [1.29, 1.82) is 0 Å². The minimum Gasteiger partial charge on any atom is -0.468 e. The Kier molecular flexibility index (Phi) is 6.12. The zero-order valence-corrected chi connectivity index (χ0v) is 16.6. The van der Waals surface area contributed by atoms with Crippen LogP contribution in [0.2, 0.25) is 0 Å². The van der Waals surface area contributed by atoms with Gasteiger partial charge in [-0.05, 0) is 37.3 Å². The number of rotatable bonds is 8. The van der Waals surface area contributed by atoms with Gasteiger partial charge in [0.15, 0.2) is 0 Å². The van der Waals surface area contributed by atoms with Crippen LogP contribution in [0.1, 0.15) is 21.8 Å². The van der Waals surface area contributed by atoms with Crippen molar-refractivity contribution in [2.45, 2.75) is 24.9 Å². The van der Waals surface area contributed by atoms with E-state index in [0.29, 0.717) is 5.76 Å². The maximum absolute atomic E-state index is 12.4. The SMILES string of the molecule is Cc1csc(=O)n1CCOC(=O)c1cccc(S(=O)(=O)NCc2ccco2)c1.